The lowest BCUT2D eigenvalue weighted by molar-refractivity contribution is -0.193. The molecule has 11 nitrogen and oxygen atoms in total. The summed E-state index contributed by atoms with van der Waals surface area (Å²) in [6.07, 6.45) is -8.41. The Hall–Kier alpha value is -4.27. The topological polar surface area (TPSA) is 159 Å². The second-order valence-electron chi connectivity index (χ2n) is 8.67. The SMILES string of the molecule is Fc1cccnc1O[C@@H]1CC[C@H]2[C@H]1OCCN2Cc1cccnc1.O=C(O)C(F)(F)F.O=C(O)C(F)(F)F.O=C(O)C(F)(F)F. The van der Waals surface area contributed by atoms with E-state index in [0.717, 1.165) is 25.9 Å². The third-order valence-electron chi connectivity index (χ3n) is 5.47. The van der Waals surface area contributed by atoms with Gasteiger partial charge < -0.3 is 24.8 Å². The number of nitrogens with zero attached hydrogens (tertiary/aromatic N) is 3. The van der Waals surface area contributed by atoms with Crippen molar-refractivity contribution in [3.63, 3.8) is 0 Å². The Bertz CT molecular complexity index is 1190. The minimum Gasteiger partial charge on any atom is -0.475 e. The van der Waals surface area contributed by atoms with Gasteiger partial charge in [-0.3, -0.25) is 9.88 Å². The minimum atomic E-state index is -5.08. The number of ether oxygens (including phenoxy) is 2. The quantitative estimate of drug-likeness (QED) is 0.398. The predicted octanol–water partition coefficient (Wildman–Crippen LogP) is 4.33. The van der Waals surface area contributed by atoms with Crippen LogP contribution in [0.3, 0.4) is 0 Å². The highest BCUT2D eigenvalue weighted by atomic mass is 19.4. The van der Waals surface area contributed by atoms with E-state index in [1.54, 1.807) is 18.5 Å². The number of rotatable bonds is 4. The molecule has 3 atom stereocenters. The molecule has 2 fully saturated rings. The number of halogens is 10. The molecule has 1 aliphatic carbocycles. The van der Waals surface area contributed by atoms with Gasteiger partial charge in [0.05, 0.1) is 6.61 Å². The molecule has 45 heavy (non-hydrogen) atoms. The molecular formula is C24H23F10N3O8. The molecule has 4 rings (SSSR count). The zero-order chi connectivity index (χ0) is 34.6. The molecule has 0 amide bonds. The monoisotopic (exact) mass is 671 g/mol. The number of morpholine rings is 1. The van der Waals surface area contributed by atoms with Crippen molar-refractivity contribution < 1.29 is 83.1 Å². The van der Waals surface area contributed by atoms with Crippen LogP contribution in [0, 0.1) is 5.82 Å². The first-order valence-corrected chi connectivity index (χ1v) is 12.1. The summed E-state index contributed by atoms with van der Waals surface area (Å²) >= 11 is 0. The molecule has 2 aliphatic rings. The first kappa shape index (κ1) is 38.8. The fourth-order valence-electron chi connectivity index (χ4n) is 3.64. The Morgan fingerprint density at radius 3 is 1.82 bits per heavy atom. The number of alkyl halides is 9. The van der Waals surface area contributed by atoms with E-state index in [0.29, 0.717) is 6.61 Å². The van der Waals surface area contributed by atoms with E-state index in [1.807, 2.05) is 12.3 Å². The second kappa shape index (κ2) is 16.7. The number of aromatic nitrogens is 2. The number of aliphatic carboxylic acids is 3. The molecule has 1 aliphatic heterocycles. The largest absolute Gasteiger partial charge is 0.490 e. The van der Waals surface area contributed by atoms with Gasteiger partial charge >= 0.3 is 36.4 Å². The van der Waals surface area contributed by atoms with Gasteiger partial charge in [0, 0.05) is 37.7 Å². The van der Waals surface area contributed by atoms with Gasteiger partial charge in [-0.25, -0.2) is 23.8 Å². The first-order valence-electron chi connectivity index (χ1n) is 12.1. The summed E-state index contributed by atoms with van der Waals surface area (Å²) in [4.78, 5) is 37.3. The van der Waals surface area contributed by atoms with Crippen molar-refractivity contribution in [2.45, 2.75) is 56.2 Å². The van der Waals surface area contributed by atoms with Crippen LogP contribution in [-0.2, 0) is 25.7 Å². The summed E-state index contributed by atoms with van der Waals surface area (Å²) < 4.78 is 121. The molecule has 2 aromatic rings. The Morgan fingerprint density at radius 1 is 0.867 bits per heavy atom. The van der Waals surface area contributed by atoms with E-state index in [2.05, 4.69) is 20.9 Å². The lowest BCUT2D eigenvalue weighted by Crippen LogP contribution is -2.51. The van der Waals surface area contributed by atoms with E-state index in [1.165, 1.54) is 11.6 Å². The van der Waals surface area contributed by atoms with Gasteiger partial charge in [-0.15, -0.1) is 0 Å². The van der Waals surface area contributed by atoms with E-state index >= 15 is 0 Å². The van der Waals surface area contributed by atoms with E-state index in [-0.39, 0.29) is 24.1 Å². The Labute approximate surface area is 246 Å². The molecule has 0 spiro atoms. The predicted molar refractivity (Wildman–Crippen MR) is 127 cm³/mol. The van der Waals surface area contributed by atoms with Crippen LogP contribution in [0.1, 0.15) is 18.4 Å². The molecule has 3 N–H and O–H groups in total. The smallest absolute Gasteiger partial charge is 0.475 e. The summed E-state index contributed by atoms with van der Waals surface area (Å²) in [6, 6.07) is 7.26. The van der Waals surface area contributed by atoms with Crippen molar-refractivity contribution in [2.75, 3.05) is 13.2 Å². The summed E-state index contributed by atoms with van der Waals surface area (Å²) in [5.41, 5.74) is 1.19. The average Bonchev–Trinajstić information content (AvgIpc) is 3.34. The van der Waals surface area contributed by atoms with Gasteiger partial charge in [0.1, 0.15) is 12.2 Å². The molecule has 21 heteroatoms. The molecule has 252 valence electrons. The van der Waals surface area contributed by atoms with Crippen LogP contribution in [0.2, 0.25) is 0 Å². The van der Waals surface area contributed by atoms with E-state index in [4.69, 9.17) is 39.2 Å². The Kier molecular flexibility index (Phi) is 14.4. The van der Waals surface area contributed by atoms with Gasteiger partial charge in [0.25, 0.3) is 5.88 Å². The molecule has 3 heterocycles. The van der Waals surface area contributed by atoms with E-state index in [9.17, 15) is 43.9 Å². The second-order valence-corrected chi connectivity index (χ2v) is 8.67. The summed E-state index contributed by atoms with van der Waals surface area (Å²) in [5.74, 6) is -8.63. The van der Waals surface area contributed by atoms with Crippen LogP contribution >= 0.6 is 0 Å². The fourth-order valence-corrected chi connectivity index (χ4v) is 3.64. The summed E-state index contributed by atoms with van der Waals surface area (Å²) in [6.45, 7) is 2.40. The standard InChI is InChI=1S/C18H20FN3O2.3C2HF3O2/c19-14-4-2-8-21-18(14)24-16-6-5-15-17(16)23-10-9-22(15)12-13-3-1-7-20-11-13;3*3-2(4,5)1(6)7/h1-4,7-8,11,15-17H,5-6,9-10,12H2;3*(H,6,7)/t15-,16+,17+;;;/m0.../s1. The van der Waals surface area contributed by atoms with Crippen LogP contribution in [0.4, 0.5) is 43.9 Å². The lowest BCUT2D eigenvalue weighted by atomic mass is 10.1. The van der Waals surface area contributed by atoms with Crippen molar-refractivity contribution in [3.05, 3.63) is 54.2 Å². The highest BCUT2D eigenvalue weighted by molar-refractivity contribution is 5.73. The van der Waals surface area contributed by atoms with Gasteiger partial charge in [0.15, 0.2) is 5.82 Å². The zero-order valence-corrected chi connectivity index (χ0v) is 22.3. The van der Waals surface area contributed by atoms with Crippen LogP contribution < -0.4 is 4.74 Å². The molecule has 1 saturated heterocycles. The molecule has 2 aromatic heterocycles. The Morgan fingerprint density at radius 2 is 1.38 bits per heavy atom. The van der Waals surface area contributed by atoms with E-state index < -0.39 is 42.3 Å². The minimum absolute atomic E-state index is 0.0446. The molecule has 0 bridgehead atoms. The summed E-state index contributed by atoms with van der Waals surface area (Å²) in [7, 11) is 0. The maximum absolute atomic E-state index is 13.8. The van der Waals surface area contributed by atoms with Gasteiger partial charge in [0.2, 0.25) is 0 Å². The third-order valence-corrected chi connectivity index (χ3v) is 5.47. The fraction of sp³-hybridized carbons (Fsp3) is 0.458. The molecular weight excluding hydrogens is 648 g/mol. The highest BCUT2D eigenvalue weighted by Crippen LogP contribution is 2.33. The first-order chi connectivity index (χ1) is 20.6. The van der Waals surface area contributed by atoms with Crippen LogP contribution in [0.15, 0.2) is 42.9 Å². The molecule has 0 unspecified atom stereocenters. The number of carbonyl (C=O) groups is 3. The normalized spacial score (nSPS) is 19.6. The van der Waals surface area contributed by atoms with Crippen molar-refractivity contribution in [1.82, 2.24) is 14.9 Å². The Balaban J connectivity index is 0.000000396. The number of pyridine rings is 2. The van der Waals surface area contributed by atoms with Crippen molar-refractivity contribution >= 4 is 17.9 Å². The number of carboxylic acids is 3. The molecule has 1 saturated carbocycles. The molecule has 0 aromatic carbocycles. The zero-order valence-electron chi connectivity index (χ0n) is 22.3. The van der Waals surface area contributed by atoms with Gasteiger partial charge in [-0.1, -0.05) is 6.07 Å². The maximum atomic E-state index is 13.8. The lowest BCUT2D eigenvalue weighted by Gasteiger charge is -2.38. The van der Waals surface area contributed by atoms with Crippen molar-refractivity contribution in [2.24, 2.45) is 0 Å². The van der Waals surface area contributed by atoms with Gasteiger partial charge in [-0.2, -0.15) is 39.5 Å². The van der Waals surface area contributed by atoms with Crippen LogP contribution in [0.25, 0.3) is 0 Å². The highest BCUT2D eigenvalue weighted by Gasteiger charge is 2.44. The van der Waals surface area contributed by atoms with Crippen molar-refractivity contribution in [3.8, 4) is 5.88 Å². The number of hydrogen-bond acceptors (Lipinski definition) is 8. The maximum Gasteiger partial charge on any atom is 0.490 e. The average molecular weight is 671 g/mol. The van der Waals surface area contributed by atoms with Crippen molar-refractivity contribution in [1.29, 1.82) is 0 Å². The number of fused-ring (bicyclic) bond motifs is 1. The summed E-state index contributed by atoms with van der Waals surface area (Å²) in [5, 5.41) is 21.4. The number of hydrogen-bond donors (Lipinski definition) is 3. The molecule has 0 radical (unpaired) electrons. The van der Waals surface area contributed by atoms with Gasteiger partial charge in [-0.05, 0) is 36.6 Å². The number of carboxylic acid groups (broad SMARTS) is 3. The third kappa shape index (κ3) is 13.9. The van der Waals surface area contributed by atoms with Crippen LogP contribution in [-0.4, -0.2) is 98.0 Å². The van der Waals surface area contributed by atoms with Crippen LogP contribution in [0.5, 0.6) is 5.88 Å².